The molecule has 2 rings (SSSR count). The molecule has 0 unspecified atom stereocenters. The molecular weight excluding hydrogens is 372 g/mol. The number of hydrogen-bond acceptors (Lipinski definition) is 10. The first-order valence-corrected chi connectivity index (χ1v) is 9.33. The number of methoxy groups -OCH3 is 1. The van der Waals surface area contributed by atoms with Crippen LogP contribution in [-0.4, -0.2) is 30.6 Å². The number of rotatable bonds is 11. The molecule has 0 atom stereocenters. The van der Waals surface area contributed by atoms with Crippen molar-refractivity contribution in [2.75, 3.05) is 25.1 Å². The van der Waals surface area contributed by atoms with Gasteiger partial charge in [0.05, 0.1) is 29.7 Å². The van der Waals surface area contributed by atoms with Crippen LogP contribution in [-0.2, 0) is 9.37 Å². The van der Waals surface area contributed by atoms with E-state index in [1.54, 1.807) is 26.2 Å². The van der Waals surface area contributed by atoms with Crippen molar-refractivity contribution >= 4 is 29.2 Å². The summed E-state index contributed by atoms with van der Waals surface area (Å²) < 4.78 is 15.2. The zero-order valence-corrected chi connectivity index (χ0v) is 16.7. The Bertz CT molecular complexity index is 747. The molecule has 0 radical (unpaired) electrons. The molecule has 2 aromatic rings. The monoisotopic (exact) mass is 396 g/mol. The predicted octanol–water partition coefficient (Wildman–Crippen LogP) is 5.46. The number of aryl methyl sites for hydroxylation is 1. The van der Waals surface area contributed by atoms with E-state index in [4.69, 9.17) is 14.5 Å². The lowest BCUT2D eigenvalue weighted by Crippen LogP contribution is -2.25. The SMILES string of the molecule is CCCN(CCC)c1cc(SOOO)c(N=Nc2cc(C)on2)cc1OC. The first-order chi connectivity index (χ1) is 13.1. The maximum atomic E-state index is 8.52. The van der Waals surface area contributed by atoms with Crippen LogP contribution in [0.1, 0.15) is 32.4 Å². The quantitative estimate of drug-likeness (QED) is 0.231. The summed E-state index contributed by atoms with van der Waals surface area (Å²) >= 11 is 0.822. The number of ether oxygens (including phenoxy) is 1. The topological polar surface area (TPSA) is 102 Å². The van der Waals surface area contributed by atoms with E-state index in [9.17, 15) is 0 Å². The summed E-state index contributed by atoms with van der Waals surface area (Å²) in [7, 11) is 1.61. The molecule has 27 heavy (non-hydrogen) atoms. The Morgan fingerprint density at radius 2 is 1.93 bits per heavy atom. The van der Waals surface area contributed by atoms with Gasteiger partial charge < -0.3 is 14.2 Å². The van der Waals surface area contributed by atoms with E-state index < -0.39 is 0 Å². The second-order valence-electron chi connectivity index (χ2n) is 5.70. The smallest absolute Gasteiger partial charge is 0.216 e. The molecule has 0 bridgehead atoms. The highest BCUT2D eigenvalue weighted by molar-refractivity contribution is 7.94. The molecule has 0 fully saturated rings. The lowest BCUT2D eigenvalue weighted by atomic mass is 10.2. The lowest BCUT2D eigenvalue weighted by molar-refractivity contribution is -0.432. The summed E-state index contributed by atoms with van der Waals surface area (Å²) in [5.41, 5.74) is 1.38. The van der Waals surface area contributed by atoms with Crippen LogP contribution < -0.4 is 9.64 Å². The summed E-state index contributed by atoms with van der Waals surface area (Å²) in [4.78, 5) is 2.82. The van der Waals surface area contributed by atoms with E-state index in [2.05, 4.69) is 43.5 Å². The van der Waals surface area contributed by atoms with Crippen molar-refractivity contribution in [3.63, 3.8) is 0 Å². The summed E-state index contributed by atoms with van der Waals surface area (Å²) in [6.45, 7) is 7.77. The molecule has 0 aliphatic rings. The number of nitrogens with zero attached hydrogens (tertiary/aromatic N) is 4. The zero-order valence-electron chi connectivity index (χ0n) is 15.8. The van der Waals surface area contributed by atoms with Gasteiger partial charge in [-0.05, 0) is 25.8 Å². The summed E-state index contributed by atoms with van der Waals surface area (Å²) in [6, 6.07) is 5.29. The summed E-state index contributed by atoms with van der Waals surface area (Å²) in [5, 5.41) is 24.3. The second kappa shape index (κ2) is 10.9. The molecule has 0 aliphatic carbocycles. The molecule has 1 aromatic carbocycles. The van der Waals surface area contributed by atoms with Crippen LogP contribution in [0.5, 0.6) is 5.75 Å². The van der Waals surface area contributed by atoms with Crippen LogP contribution >= 0.6 is 12.0 Å². The molecule has 148 valence electrons. The van der Waals surface area contributed by atoms with Crippen LogP contribution in [0.3, 0.4) is 0 Å². The largest absolute Gasteiger partial charge is 0.495 e. The third-order valence-electron chi connectivity index (χ3n) is 3.62. The molecule has 0 aliphatic heterocycles. The van der Waals surface area contributed by atoms with Crippen LogP contribution in [0.4, 0.5) is 17.2 Å². The van der Waals surface area contributed by atoms with Gasteiger partial charge >= 0.3 is 0 Å². The van der Waals surface area contributed by atoms with Crippen LogP contribution in [0, 0.1) is 6.92 Å². The van der Waals surface area contributed by atoms with E-state index >= 15 is 0 Å². The highest BCUT2D eigenvalue weighted by atomic mass is 32.2. The number of benzene rings is 1. The van der Waals surface area contributed by atoms with Crippen LogP contribution in [0.15, 0.2) is 37.8 Å². The molecular formula is C17H24N4O5S. The van der Waals surface area contributed by atoms with E-state index in [1.165, 1.54) is 0 Å². The van der Waals surface area contributed by atoms with Gasteiger partial charge in [-0.1, -0.05) is 24.0 Å². The van der Waals surface area contributed by atoms with Gasteiger partial charge in [-0.15, -0.1) is 14.6 Å². The Hall–Kier alpha value is -2.14. The third-order valence-corrected chi connectivity index (χ3v) is 4.25. The van der Waals surface area contributed by atoms with Crippen molar-refractivity contribution < 1.29 is 23.9 Å². The number of azo groups is 1. The van der Waals surface area contributed by atoms with Gasteiger partial charge in [0.25, 0.3) is 0 Å². The van der Waals surface area contributed by atoms with E-state index in [1.807, 2.05) is 6.07 Å². The number of aromatic nitrogens is 1. The second-order valence-corrected chi connectivity index (χ2v) is 6.44. The van der Waals surface area contributed by atoms with Crippen molar-refractivity contribution in [1.29, 1.82) is 0 Å². The highest BCUT2D eigenvalue weighted by Crippen LogP contribution is 2.41. The Kier molecular flexibility index (Phi) is 8.52. The molecule has 0 spiro atoms. The standard InChI is InChI=1S/C17H24N4O5S/c1-5-7-21(8-6-2)14-11-16(27-26-25-22)13(10-15(14)23-4)18-19-17-9-12(3)24-20-17/h9-11,22H,5-8H2,1-4H3. The minimum absolute atomic E-state index is 0.351. The van der Waals surface area contributed by atoms with E-state index in [0.717, 1.165) is 43.7 Å². The average molecular weight is 396 g/mol. The molecule has 1 N–H and O–H groups in total. The van der Waals surface area contributed by atoms with Gasteiger partial charge in [-0.25, -0.2) is 5.26 Å². The molecule has 10 heteroatoms. The van der Waals surface area contributed by atoms with Gasteiger partial charge in [-0.2, -0.15) is 0 Å². The fourth-order valence-electron chi connectivity index (χ4n) is 2.54. The first-order valence-electron chi connectivity index (χ1n) is 8.59. The molecule has 9 nitrogen and oxygen atoms in total. The van der Waals surface area contributed by atoms with Crippen molar-refractivity contribution in [2.24, 2.45) is 10.2 Å². The van der Waals surface area contributed by atoms with Crippen molar-refractivity contribution in [3.05, 3.63) is 24.0 Å². The maximum Gasteiger partial charge on any atom is 0.216 e. The summed E-state index contributed by atoms with van der Waals surface area (Å²) in [5.74, 6) is 1.65. The van der Waals surface area contributed by atoms with Gasteiger partial charge in [0, 0.05) is 25.2 Å². The molecule has 0 amide bonds. The number of hydrogen-bond donors (Lipinski definition) is 1. The Morgan fingerprint density at radius 1 is 1.19 bits per heavy atom. The van der Waals surface area contributed by atoms with E-state index in [0.29, 0.717) is 27.9 Å². The lowest BCUT2D eigenvalue weighted by Gasteiger charge is -2.26. The van der Waals surface area contributed by atoms with E-state index in [-0.39, 0.29) is 0 Å². The van der Waals surface area contributed by atoms with Gasteiger partial charge in [-0.3, -0.25) is 0 Å². The van der Waals surface area contributed by atoms with Crippen molar-refractivity contribution in [3.8, 4) is 5.75 Å². The minimum Gasteiger partial charge on any atom is -0.495 e. The predicted molar refractivity (Wildman–Crippen MR) is 102 cm³/mol. The summed E-state index contributed by atoms with van der Waals surface area (Å²) in [6.07, 6.45) is 1.99. The Balaban J connectivity index is 2.43. The minimum atomic E-state index is 0.351. The molecule has 1 aromatic heterocycles. The van der Waals surface area contributed by atoms with Crippen LogP contribution in [0.2, 0.25) is 0 Å². The Morgan fingerprint density at radius 3 is 2.48 bits per heavy atom. The van der Waals surface area contributed by atoms with Crippen molar-refractivity contribution in [1.82, 2.24) is 5.16 Å². The van der Waals surface area contributed by atoms with Gasteiger partial charge in [0.1, 0.15) is 17.2 Å². The molecule has 1 heterocycles. The normalized spacial score (nSPS) is 11.3. The fourth-order valence-corrected chi connectivity index (χ4v) is 2.99. The first kappa shape index (κ1) is 21.2. The van der Waals surface area contributed by atoms with Crippen LogP contribution in [0.25, 0.3) is 0 Å². The number of anilines is 1. The maximum absolute atomic E-state index is 8.52. The van der Waals surface area contributed by atoms with Crippen molar-refractivity contribution in [2.45, 2.75) is 38.5 Å². The Labute approximate surface area is 162 Å². The highest BCUT2D eigenvalue weighted by Gasteiger charge is 2.17. The van der Waals surface area contributed by atoms with Gasteiger partial charge in [0.2, 0.25) is 5.82 Å². The fraction of sp³-hybridized carbons (Fsp3) is 0.471. The third kappa shape index (κ3) is 5.93. The molecule has 0 saturated carbocycles. The van der Waals surface area contributed by atoms with Gasteiger partial charge in [0.15, 0.2) is 0 Å². The average Bonchev–Trinajstić information content (AvgIpc) is 3.09. The molecule has 0 saturated heterocycles. The zero-order chi connectivity index (χ0) is 19.6.